The predicted octanol–water partition coefficient (Wildman–Crippen LogP) is 2.37. The summed E-state index contributed by atoms with van der Waals surface area (Å²) >= 11 is 0. The molecule has 0 aromatic heterocycles. The Morgan fingerprint density at radius 1 is 1.30 bits per heavy atom. The monoisotopic (exact) mass is 279 g/mol. The topological polar surface area (TPSA) is 69.6 Å². The van der Waals surface area contributed by atoms with Crippen LogP contribution in [-0.4, -0.2) is 29.3 Å². The fraction of sp³-hybridized carbons (Fsp3) is 0.562. The number of hydrogen-bond acceptors (Lipinski definition) is 3. The van der Waals surface area contributed by atoms with Gasteiger partial charge in [0, 0.05) is 19.7 Å². The molecule has 0 radical (unpaired) electrons. The van der Waals surface area contributed by atoms with Crippen molar-refractivity contribution in [1.82, 2.24) is 5.32 Å². The third-order valence-electron chi connectivity index (χ3n) is 3.57. The zero-order chi connectivity index (χ0) is 15.2. The van der Waals surface area contributed by atoms with E-state index in [9.17, 15) is 4.79 Å². The van der Waals surface area contributed by atoms with Crippen molar-refractivity contribution in [1.29, 1.82) is 0 Å². The number of aliphatic carboxylic acids is 1. The predicted molar refractivity (Wildman–Crippen MR) is 79.7 cm³/mol. The van der Waals surface area contributed by atoms with Crippen molar-refractivity contribution < 1.29 is 15.0 Å². The summed E-state index contributed by atoms with van der Waals surface area (Å²) < 4.78 is 0. The number of carbonyl (C=O) groups is 1. The molecule has 0 saturated carbocycles. The van der Waals surface area contributed by atoms with Crippen LogP contribution in [0.5, 0.6) is 0 Å². The van der Waals surface area contributed by atoms with Crippen LogP contribution in [0.2, 0.25) is 0 Å². The van der Waals surface area contributed by atoms with Gasteiger partial charge in [-0.05, 0) is 29.9 Å². The SMILES string of the molecule is CC(C(=O)O)c1ccc(CNCC(C)(C)CCO)cc1. The van der Waals surface area contributed by atoms with Gasteiger partial charge in [0.2, 0.25) is 0 Å². The number of aliphatic hydroxyl groups excluding tert-OH is 1. The normalized spacial score (nSPS) is 13.2. The molecule has 4 heteroatoms. The second kappa shape index (κ2) is 7.41. The standard InChI is InChI=1S/C16H25NO3/c1-12(15(19)20)14-6-4-13(5-7-14)10-17-11-16(2,3)8-9-18/h4-7,12,17-18H,8-11H2,1-3H3,(H,19,20). The van der Waals surface area contributed by atoms with E-state index >= 15 is 0 Å². The molecule has 112 valence electrons. The number of nitrogens with one attached hydrogen (secondary N) is 1. The van der Waals surface area contributed by atoms with Crippen molar-refractivity contribution >= 4 is 5.97 Å². The molecule has 1 unspecified atom stereocenters. The third kappa shape index (κ3) is 5.31. The first kappa shape index (κ1) is 16.7. The van der Waals surface area contributed by atoms with Crippen LogP contribution in [0.4, 0.5) is 0 Å². The van der Waals surface area contributed by atoms with Crippen molar-refractivity contribution in [2.45, 2.75) is 39.7 Å². The Balaban J connectivity index is 2.48. The number of rotatable bonds is 8. The summed E-state index contributed by atoms with van der Waals surface area (Å²) in [7, 11) is 0. The van der Waals surface area contributed by atoms with Crippen LogP contribution in [0.25, 0.3) is 0 Å². The van der Waals surface area contributed by atoms with Gasteiger partial charge >= 0.3 is 5.97 Å². The average Bonchev–Trinajstić information content (AvgIpc) is 2.38. The Bertz CT molecular complexity index is 426. The number of carboxylic acids is 1. The zero-order valence-corrected chi connectivity index (χ0v) is 12.5. The molecule has 1 aromatic rings. The molecule has 0 fully saturated rings. The maximum Gasteiger partial charge on any atom is 0.310 e. The minimum atomic E-state index is -0.804. The fourth-order valence-corrected chi connectivity index (χ4v) is 2.00. The maximum absolute atomic E-state index is 10.9. The molecule has 0 spiro atoms. The van der Waals surface area contributed by atoms with Gasteiger partial charge in [0.05, 0.1) is 5.92 Å². The molecular weight excluding hydrogens is 254 g/mol. The van der Waals surface area contributed by atoms with E-state index in [1.54, 1.807) is 6.92 Å². The highest BCUT2D eigenvalue weighted by molar-refractivity contribution is 5.75. The molecular formula is C16H25NO3. The van der Waals surface area contributed by atoms with Crippen LogP contribution in [0.3, 0.4) is 0 Å². The van der Waals surface area contributed by atoms with Crippen molar-refractivity contribution in [2.75, 3.05) is 13.2 Å². The van der Waals surface area contributed by atoms with Crippen molar-refractivity contribution in [3.05, 3.63) is 35.4 Å². The van der Waals surface area contributed by atoms with E-state index in [0.29, 0.717) is 0 Å². The lowest BCUT2D eigenvalue weighted by Crippen LogP contribution is -2.29. The lowest BCUT2D eigenvalue weighted by Gasteiger charge is -2.24. The fourth-order valence-electron chi connectivity index (χ4n) is 2.00. The second-order valence-corrected chi connectivity index (χ2v) is 6.04. The maximum atomic E-state index is 10.9. The summed E-state index contributed by atoms with van der Waals surface area (Å²) in [5.74, 6) is -1.28. The van der Waals surface area contributed by atoms with Crippen LogP contribution in [-0.2, 0) is 11.3 Å². The molecule has 0 amide bonds. The van der Waals surface area contributed by atoms with Crippen molar-refractivity contribution in [2.24, 2.45) is 5.41 Å². The van der Waals surface area contributed by atoms with E-state index in [2.05, 4.69) is 19.2 Å². The molecule has 20 heavy (non-hydrogen) atoms. The highest BCUT2D eigenvalue weighted by Crippen LogP contribution is 2.19. The zero-order valence-electron chi connectivity index (χ0n) is 12.5. The van der Waals surface area contributed by atoms with Crippen molar-refractivity contribution in [3.63, 3.8) is 0 Å². The number of hydrogen-bond donors (Lipinski definition) is 3. The number of aliphatic hydroxyl groups is 1. The van der Waals surface area contributed by atoms with Gasteiger partial charge in [-0.2, -0.15) is 0 Å². The largest absolute Gasteiger partial charge is 0.481 e. The molecule has 3 N–H and O–H groups in total. The van der Waals surface area contributed by atoms with Gasteiger partial charge in [-0.1, -0.05) is 38.1 Å². The lowest BCUT2D eigenvalue weighted by molar-refractivity contribution is -0.138. The minimum absolute atomic E-state index is 0.0759. The van der Waals surface area contributed by atoms with E-state index < -0.39 is 11.9 Å². The van der Waals surface area contributed by atoms with E-state index in [1.807, 2.05) is 24.3 Å². The first-order valence-corrected chi connectivity index (χ1v) is 6.99. The van der Waals surface area contributed by atoms with E-state index in [4.69, 9.17) is 10.2 Å². The highest BCUT2D eigenvalue weighted by atomic mass is 16.4. The quantitative estimate of drug-likeness (QED) is 0.683. The van der Waals surface area contributed by atoms with Gasteiger partial charge in [-0.15, -0.1) is 0 Å². The molecule has 0 aliphatic heterocycles. The Hall–Kier alpha value is -1.39. The first-order chi connectivity index (χ1) is 9.35. The molecule has 0 aliphatic rings. The summed E-state index contributed by atoms with van der Waals surface area (Å²) in [6.45, 7) is 7.71. The molecule has 0 aliphatic carbocycles. The summed E-state index contributed by atoms with van der Waals surface area (Å²) in [6, 6.07) is 7.66. The van der Waals surface area contributed by atoms with Crippen LogP contribution in [0, 0.1) is 5.41 Å². The highest BCUT2D eigenvalue weighted by Gasteiger charge is 2.16. The van der Waals surface area contributed by atoms with Gasteiger partial charge < -0.3 is 15.5 Å². The van der Waals surface area contributed by atoms with Gasteiger partial charge in [0.25, 0.3) is 0 Å². The molecule has 0 saturated heterocycles. The first-order valence-electron chi connectivity index (χ1n) is 6.99. The van der Waals surface area contributed by atoms with Crippen LogP contribution < -0.4 is 5.32 Å². The van der Waals surface area contributed by atoms with Gasteiger partial charge in [0.1, 0.15) is 0 Å². The summed E-state index contributed by atoms with van der Waals surface area (Å²) in [5.41, 5.74) is 2.03. The van der Waals surface area contributed by atoms with Gasteiger partial charge in [-0.25, -0.2) is 0 Å². The van der Waals surface area contributed by atoms with E-state index in [1.165, 1.54) is 0 Å². The minimum Gasteiger partial charge on any atom is -0.481 e. The lowest BCUT2D eigenvalue weighted by atomic mass is 9.89. The molecule has 1 rings (SSSR count). The van der Waals surface area contributed by atoms with Crippen LogP contribution >= 0.6 is 0 Å². The Kier molecular flexibility index (Phi) is 6.17. The summed E-state index contributed by atoms with van der Waals surface area (Å²) in [5, 5.41) is 21.3. The number of carboxylic acid groups (broad SMARTS) is 1. The van der Waals surface area contributed by atoms with Crippen LogP contribution in [0.15, 0.2) is 24.3 Å². The summed E-state index contributed by atoms with van der Waals surface area (Å²) in [6.07, 6.45) is 0.773. The van der Waals surface area contributed by atoms with Crippen molar-refractivity contribution in [3.8, 4) is 0 Å². The molecule has 1 atom stereocenters. The van der Waals surface area contributed by atoms with E-state index in [-0.39, 0.29) is 12.0 Å². The average molecular weight is 279 g/mol. The van der Waals surface area contributed by atoms with Gasteiger partial charge in [0.15, 0.2) is 0 Å². The Morgan fingerprint density at radius 2 is 1.90 bits per heavy atom. The molecule has 0 bridgehead atoms. The third-order valence-corrected chi connectivity index (χ3v) is 3.57. The smallest absolute Gasteiger partial charge is 0.310 e. The van der Waals surface area contributed by atoms with E-state index in [0.717, 1.165) is 30.6 Å². The Labute approximate surface area is 120 Å². The van der Waals surface area contributed by atoms with Gasteiger partial charge in [-0.3, -0.25) is 4.79 Å². The summed E-state index contributed by atoms with van der Waals surface area (Å²) in [4.78, 5) is 10.9. The second-order valence-electron chi connectivity index (χ2n) is 6.04. The molecule has 1 aromatic carbocycles. The number of benzene rings is 1. The van der Waals surface area contributed by atoms with Crippen LogP contribution in [0.1, 0.15) is 44.2 Å². The molecule has 0 heterocycles. The molecule has 4 nitrogen and oxygen atoms in total. The Morgan fingerprint density at radius 3 is 2.40 bits per heavy atom.